The topological polar surface area (TPSA) is 77.9 Å². The van der Waals surface area contributed by atoms with Crippen LogP contribution in [0, 0.1) is 5.41 Å². The highest BCUT2D eigenvalue weighted by Crippen LogP contribution is 2.38. The molecule has 0 bridgehead atoms. The molecule has 2 atom stereocenters. The van der Waals surface area contributed by atoms with Crippen molar-refractivity contribution in [1.82, 2.24) is 9.80 Å². The average Bonchev–Trinajstić information content (AvgIpc) is 3.04. The number of nitrogens with zero attached hydrogens (tertiary/aromatic N) is 2. The van der Waals surface area contributed by atoms with Crippen molar-refractivity contribution in [3.63, 3.8) is 0 Å². The Bertz CT molecular complexity index is 967. The van der Waals surface area contributed by atoms with Crippen LogP contribution in [0.3, 0.4) is 0 Å². The zero-order chi connectivity index (χ0) is 20.4. The first-order valence-corrected chi connectivity index (χ1v) is 9.59. The minimum Gasteiger partial charge on any atom is -0.369 e. The Balaban J connectivity index is 1.66. The molecule has 28 heavy (non-hydrogen) atoms. The summed E-state index contributed by atoms with van der Waals surface area (Å²) in [5, 5.41) is 10.4. The maximum absolute atomic E-state index is 13.0. The lowest BCUT2D eigenvalue weighted by Gasteiger charge is -2.29. The van der Waals surface area contributed by atoms with Gasteiger partial charge in [-0.2, -0.15) is 0 Å². The van der Waals surface area contributed by atoms with E-state index in [1.807, 2.05) is 12.2 Å². The van der Waals surface area contributed by atoms with Gasteiger partial charge in [0.05, 0.1) is 17.2 Å². The summed E-state index contributed by atoms with van der Waals surface area (Å²) in [5.41, 5.74) is 2.36. The predicted molar refractivity (Wildman–Crippen MR) is 104 cm³/mol. The van der Waals surface area contributed by atoms with Crippen molar-refractivity contribution in [2.45, 2.75) is 46.4 Å². The molecule has 2 unspecified atom stereocenters. The number of amides is 3. The SMILES string of the molecule is CCN1C(=O)c2cc3c(cc2C1O)C(=O)N(C1C=CC(C(C)(C)C)=CC1)C3=O. The fraction of sp³-hybridized carbons (Fsp3) is 0.409. The van der Waals surface area contributed by atoms with Crippen LogP contribution in [-0.4, -0.2) is 45.2 Å². The molecule has 3 aliphatic rings. The van der Waals surface area contributed by atoms with Gasteiger partial charge in [0, 0.05) is 17.7 Å². The Labute approximate surface area is 164 Å². The molecule has 1 N–H and O–H groups in total. The summed E-state index contributed by atoms with van der Waals surface area (Å²) in [6.07, 6.45) is 5.43. The molecule has 1 aromatic carbocycles. The summed E-state index contributed by atoms with van der Waals surface area (Å²) in [6.45, 7) is 8.48. The van der Waals surface area contributed by atoms with Crippen LogP contribution in [0.1, 0.15) is 77.0 Å². The third-order valence-electron chi connectivity index (χ3n) is 5.77. The van der Waals surface area contributed by atoms with E-state index in [0.29, 0.717) is 24.1 Å². The Morgan fingerprint density at radius 1 is 1.04 bits per heavy atom. The van der Waals surface area contributed by atoms with Crippen LogP contribution in [0.25, 0.3) is 0 Å². The first-order valence-electron chi connectivity index (χ1n) is 9.59. The molecule has 6 nitrogen and oxygen atoms in total. The van der Waals surface area contributed by atoms with E-state index in [0.717, 1.165) is 0 Å². The Kier molecular flexibility index (Phi) is 4.08. The average molecular weight is 380 g/mol. The number of carbonyl (C=O) groups is 3. The third kappa shape index (κ3) is 2.55. The number of carbonyl (C=O) groups excluding carboxylic acids is 3. The van der Waals surface area contributed by atoms with Crippen LogP contribution in [0.2, 0.25) is 0 Å². The van der Waals surface area contributed by atoms with Crippen LogP contribution < -0.4 is 0 Å². The zero-order valence-corrected chi connectivity index (χ0v) is 16.5. The van der Waals surface area contributed by atoms with E-state index < -0.39 is 6.23 Å². The minimum absolute atomic E-state index is 0.00587. The third-order valence-corrected chi connectivity index (χ3v) is 5.77. The van der Waals surface area contributed by atoms with Crippen molar-refractivity contribution in [3.8, 4) is 0 Å². The summed E-state index contributed by atoms with van der Waals surface area (Å²) in [4.78, 5) is 41.0. The number of aliphatic hydroxyl groups excluding tert-OH is 1. The monoisotopic (exact) mass is 380 g/mol. The van der Waals surface area contributed by atoms with Crippen molar-refractivity contribution in [2.75, 3.05) is 6.54 Å². The molecule has 3 amide bonds. The highest BCUT2D eigenvalue weighted by atomic mass is 16.3. The predicted octanol–water partition coefficient (Wildman–Crippen LogP) is 3.05. The number of rotatable bonds is 2. The van der Waals surface area contributed by atoms with Crippen molar-refractivity contribution >= 4 is 17.7 Å². The first kappa shape index (κ1) is 18.6. The summed E-state index contributed by atoms with van der Waals surface area (Å²) >= 11 is 0. The lowest BCUT2D eigenvalue weighted by atomic mass is 9.83. The fourth-order valence-electron chi connectivity index (χ4n) is 4.13. The molecule has 0 spiro atoms. The minimum atomic E-state index is -1.08. The smallest absolute Gasteiger partial charge is 0.262 e. The molecule has 4 rings (SSSR count). The number of benzene rings is 1. The largest absolute Gasteiger partial charge is 0.369 e. The second kappa shape index (κ2) is 6.14. The lowest BCUT2D eigenvalue weighted by Crippen LogP contribution is -2.39. The summed E-state index contributed by atoms with van der Waals surface area (Å²) in [6, 6.07) is 2.63. The number of imide groups is 1. The van der Waals surface area contributed by atoms with Crippen molar-refractivity contribution in [1.29, 1.82) is 0 Å². The maximum Gasteiger partial charge on any atom is 0.262 e. The molecule has 0 saturated heterocycles. The van der Waals surface area contributed by atoms with E-state index >= 15 is 0 Å². The molecule has 0 saturated carbocycles. The van der Waals surface area contributed by atoms with Crippen LogP contribution in [-0.2, 0) is 0 Å². The normalized spacial score (nSPS) is 24.0. The van der Waals surface area contributed by atoms with Crippen molar-refractivity contribution in [3.05, 3.63) is 58.2 Å². The standard InChI is InChI=1S/C22H24N2O4/c1-5-23-18(25)14-10-16-17(11-15(14)19(23)26)21(28)24(20(16)27)13-8-6-12(7-9-13)22(2,3)4/h6-8,10-11,13,18,25H,5,9H2,1-4H3. The maximum atomic E-state index is 13.0. The summed E-state index contributed by atoms with van der Waals surface area (Å²) < 4.78 is 0. The van der Waals surface area contributed by atoms with Gasteiger partial charge in [-0.3, -0.25) is 19.3 Å². The van der Waals surface area contributed by atoms with Gasteiger partial charge in [-0.1, -0.05) is 39.0 Å². The van der Waals surface area contributed by atoms with Crippen molar-refractivity contribution < 1.29 is 19.5 Å². The lowest BCUT2D eigenvalue weighted by molar-refractivity contribution is 0.0202. The van der Waals surface area contributed by atoms with E-state index in [9.17, 15) is 19.5 Å². The fourth-order valence-corrected chi connectivity index (χ4v) is 4.13. The summed E-state index contributed by atoms with van der Waals surface area (Å²) in [5.74, 6) is -1.08. The highest BCUT2D eigenvalue weighted by Gasteiger charge is 2.43. The van der Waals surface area contributed by atoms with Crippen LogP contribution >= 0.6 is 0 Å². The van der Waals surface area contributed by atoms with Gasteiger partial charge in [-0.05, 0) is 36.5 Å². The molecule has 1 aliphatic carbocycles. The van der Waals surface area contributed by atoms with Crippen molar-refractivity contribution in [2.24, 2.45) is 5.41 Å². The van der Waals surface area contributed by atoms with Gasteiger partial charge < -0.3 is 10.0 Å². The van der Waals surface area contributed by atoms with Gasteiger partial charge in [0.2, 0.25) is 0 Å². The molecular weight excluding hydrogens is 356 g/mol. The molecule has 2 heterocycles. The summed E-state index contributed by atoms with van der Waals surface area (Å²) in [7, 11) is 0. The van der Waals surface area contributed by atoms with E-state index in [1.54, 1.807) is 6.92 Å². The number of hydrogen-bond donors (Lipinski definition) is 1. The van der Waals surface area contributed by atoms with Crippen LogP contribution in [0.15, 0.2) is 35.9 Å². The second-order valence-electron chi connectivity index (χ2n) is 8.50. The Morgan fingerprint density at radius 3 is 2.21 bits per heavy atom. The molecule has 0 radical (unpaired) electrons. The van der Waals surface area contributed by atoms with Gasteiger partial charge in [0.1, 0.15) is 0 Å². The van der Waals surface area contributed by atoms with E-state index in [-0.39, 0.29) is 40.3 Å². The zero-order valence-electron chi connectivity index (χ0n) is 16.5. The Morgan fingerprint density at radius 2 is 1.68 bits per heavy atom. The number of allylic oxidation sites excluding steroid dienone is 2. The second-order valence-corrected chi connectivity index (χ2v) is 8.50. The van der Waals surface area contributed by atoms with E-state index in [2.05, 4.69) is 26.8 Å². The van der Waals surface area contributed by atoms with Gasteiger partial charge in [0.15, 0.2) is 6.23 Å². The van der Waals surface area contributed by atoms with Gasteiger partial charge in [-0.25, -0.2) is 0 Å². The molecule has 1 aromatic rings. The quantitative estimate of drug-likeness (QED) is 0.800. The van der Waals surface area contributed by atoms with Gasteiger partial charge in [-0.15, -0.1) is 0 Å². The van der Waals surface area contributed by atoms with Gasteiger partial charge >= 0.3 is 0 Å². The molecule has 6 heteroatoms. The Hall–Kier alpha value is -2.73. The molecule has 2 aliphatic heterocycles. The molecular formula is C22H24N2O4. The first-order chi connectivity index (χ1) is 13.1. The molecule has 146 valence electrons. The number of hydrogen-bond acceptors (Lipinski definition) is 4. The van der Waals surface area contributed by atoms with E-state index in [4.69, 9.17) is 0 Å². The molecule has 0 aromatic heterocycles. The molecule has 0 fully saturated rings. The number of fused-ring (bicyclic) bond motifs is 2. The van der Waals surface area contributed by atoms with Crippen LogP contribution in [0.4, 0.5) is 0 Å². The number of aliphatic hydroxyl groups is 1. The van der Waals surface area contributed by atoms with Gasteiger partial charge in [0.25, 0.3) is 17.7 Å². The van der Waals surface area contributed by atoms with E-state index in [1.165, 1.54) is 27.5 Å². The van der Waals surface area contributed by atoms with Crippen LogP contribution in [0.5, 0.6) is 0 Å². The highest BCUT2D eigenvalue weighted by molar-refractivity contribution is 6.22.